The fourth-order valence-electron chi connectivity index (χ4n) is 3.66. The van der Waals surface area contributed by atoms with Crippen LogP contribution in [0.1, 0.15) is 23.1 Å². The van der Waals surface area contributed by atoms with Gasteiger partial charge < -0.3 is 14.5 Å². The number of hydrogen-bond acceptors (Lipinski definition) is 5. The van der Waals surface area contributed by atoms with Crippen LogP contribution in [0.4, 0.5) is 0 Å². The second-order valence-corrected chi connectivity index (χ2v) is 6.82. The highest BCUT2D eigenvalue weighted by atomic mass is 16.5. The Morgan fingerprint density at radius 1 is 1.15 bits per heavy atom. The van der Waals surface area contributed by atoms with Crippen LogP contribution in [0.5, 0.6) is 5.75 Å². The summed E-state index contributed by atoms with van der Waals surface area (Å²) in [5.74, 6) is 2.50. The van der Waals surface area contributed by atoms with Crippen LogP contribution < -0.4 is 10.1 Å². The average Bonchev–Trinajstić information content (AvgIpc) is 3.09. The molecule has 2 heterocycles. The molecule has 5 nitrogen and oxygen atoms in total. The molecule has 5 heteroatoms. The molecule has 0 amide bonds. The Morgan fingerprint density at radius 2 is 1.93 bits per heavy atom. The number of para-hydroxylation sites is 1. The number of methoxy groups -OCH3 is 1. The molecular weight excluding hydrogens is 338 g/mol. The maximum atomic E-state index is 5.95. The zero-order valence-corrected chi connectivity index (χ0v) is 15.8. The number of hydrogen-bond donors (Lipinski definition) is 1. The number of ether oxygens (including phenoxy) is 1. The first-order valence-corrected chi connectivity index (χ1v) is 9.35. The molecule has 140 valence electrons. The van der Waals surface area contributed by atoms with Crippen LogP contribution in [0.3, 0.4) is 0 Å². The van der Waals surface area contributed by atoms with Crippen molar-refractivity contribution in [3.63, 3.8) is 0 Å². The first-order valence-electron chi connectivity index (χ1n) is 9.35. The van der Waals surface area contributed by atoms with E-state index in [9.17, 15) is 0 Å². The Morgan fingerprint density at radius 3 is 2.74 bits per heavy atom. The third-order valence-electron chi connectivity index (χ3n) is 5.12. The molecule has 0 spiro atoms. The molecule has 27 heavy (non-hydrogen) atoms. The minimum Gasteiger partial charge on any atom is -0.496 e. The van der Waals surface area contributed by atoms with E-state index in [1.165, 1.54) is 5.56 Å². The molecule has 1 fully saturated rings. The van der Waals surface area contributed by atoms with E-state index in [1.54, 1.807) is 7.11 Å². The molecule has 1 aliphatic heterocycles. The van der Waals surface area contributed by atoms with Gasteiger partial charge in [-0.05, 0) is 25.1 Å². The number of piperazine rings is 1. The van der Waals surface area contributed by atoms with Gasteiger partial charge in [0, 0.05) is 37.3 Å². The van der Waals surface area contributed by atoms with E-state index in [4.69, 9.17) is 14.1 Å². The summed E-state index contributed by atoms with van der Waals surface area (Å²) < 4.78 is 11.5. The van der Waals surface area contributed by atoms with E-state index >= 15 is 0 Å². The van der Waals surface area contributed by atoms with E-state index < -0.39 is 0 Å². The molecule has 1 aliphatic rings. The molecule has 2 aromatic carbocycles. The molecule has 4 rings (SSSR count). The molecule has 0 bridgehead atoms. The second-order valence-electron chi connectivity index (χ2n) is 6.82. The van der Waals surface area contributed by atoms with E-state index in [2.05, 4.69) is 22.3 Å². The van der Waals surface area contributed by atoms with Crippen LogP contribution >= 0.6 is 0 Å². The van der Waals surface area contributed by atoms with Crippen LogP contribution in [0.25, 0.3) is 11.5 Å². The van der Waals surface area contributed by atoms with Gasteiger partial charge in [0.05, 0.1) is 18.8 Å². The van der Waals surface area contributed by atoms with Gasteiger partial charge in [-0.3, -0.25) is 4.90 Å². The van der Waals surface area contributed by atoms with Gasteiger partial charge in [-0.1, -0.05) is 36.4 Å². The van der Waals surface area contributed by atoms with Crippen molar-refractivity contribution in [3.05, 3.63) is 71.6 Å². The Hall–Kier alpha value is -2.63. The van der Waals surface area contributed by atoms with Crippen molar-refractivity contribution in [2.24, 2.45) is 0 Å². The number of benzene rings is 2. The van der Waals surface area contributed by atoms with Crippen LogP contribution in [-0.4, -0.2) is 36.6 Å². The van der Waals surface area contributed by atoms with Crippen LogP contribution in [0.15, 0.2) is 59.0 Å². The number of aryl methyl sites for hydroxylation is 1. The lowest BCUT2D eigenvalue weighted by Crippen LogP contribution is -2.45. The van der Waals surface area contributed by atoms with Gasteiger partial charge in [-0.15, -0.1) is 0 Å². The summed E-state index contributed by atoms with van der Waals surface area (Å²) in [4.78, 5) is 7.24. The third kappa shape index (κ3) is 3.75. The summed E-state index contributed by atoms with van der Waals surface area (Å²) >= 11 is 0. The van der Waals surface area contributed by atoms with Gasteiger partial charge in [0.25, 0.3) is 0 Å². The Bertz CT molecular complexity index is 892. The van der Waals surface area contributed by atoms with Gasteiger partial charge in [0.1, 0.15) is 11.5 Å². The van der Waals surface area contributed by atoms with Gasteiger partial charge in [0.2, 0.25) is 5.89 Å². The lowest BCUT2D eigenvalue weighted by molar-refractivity contribution is 0.149. The predicted molar refractivity (Wildman–Crippen MR) is 106 cm³/mol. The molecule has 3 aromatic rings. The SMILES string of the molecule is COc1ccccc1C1CNCCN1Cc1nc(-c2ccccc2)oc1C. The summed E-state index contributed by atoms with van der Waals surface area (Å²) in [5, 5.41) is 3.50. The van der Waals surface area contributed by atoms with Gasteiger partial charge >= 0.3 is 0 Å². The number of nitrogens with zero attached hydrogens (tertiary/aromatic N) is 2. The molecule has 1 saturated heterocycles. The third-order valence-corrected chi connectivity index (χ3v) is 5.12. The Kier molecular flexibility index (Phi) is 5.23. The van der Waals surface area contributed by atoms with Gasteiger partial charge in [0.15, 0.2) is 0 Å². The maximum absolute atomic E-state index is 5.95. The standard InChI is InChI=1S/C22H25N3O2/c1-16-19(24-22(27-16)17-8-4-3-5-9-17)15-25-13-12-23-14-20(25)18-10-6-7-11-21(18)26-2/h3-11,20,23H,12-15H2,1-2H3. The highest BCUT2D eigenvalue weighted by Gasteiger charge is 2.27. The van der Waals surface area contributed by atoms with Crippen LogP contribution in [0, 0.1) is 6.92 Å². The number of nitrogens with one attached hydrogen (secondary N) is 1. The number of oxazole rings is 1. The minimum absolute atomic E-state index is 0.242. The lowest BCUT2D eigenvalue weighted by Gasteiger charge is -2.36. The minimum atomic E-state index is 0.242. The molecule has 1 atom stereocenters. The summed E-state index contributed by atoms with van der Waals surface area (Å²) in [6, 6.07) is 18.5. The monoisotopic (exact) mass is 363 g/mol. The van der Waals surface area contributed by atoms with E-state index in [0.717, 1.165) is 48.9 Å². The van der Waals surface area contributed by atoms with Crippen molar-refractivity contribution in [3.8, 4) is 17.2 Å². The van der Waals surface area contributed by atoms with Crippen molar-refractivity contribution in [1.29, 1.82) is 0 Å². The quantitative estimate of drug-likeness (QED) is 0.747. The number of rotatable bonds is 5. The van der Waals surface area contributed by atoms with Gasteiger partial charge in [-0.25, -0.2) is 4.98 Å². The largest absolute Gasteiger partial charge is 0.496 e. The smallest absolute Gasteiger partial charge is 0.226 e. The first kappa shape index (κ1) is 17.8. The Labute approximate surface area is 160 Å². The lowest BCUT2D eigenvalue weighted by atomic mass is 10.0. The normalized spacial score (nSPS) is 17.8. The van der Waals surface area contributed by atoms with Crippen molar-refractivity contribution in [2.45, 2.75) is 19.5 Å². The topological polar surface area (TPSA) is 50.5 Å². The molecule has 0 aliphatic carbocycles. The van der Waals surface area contributed by atoms with Crippen molar-refractivity contribution in [2.75, 3.05) is 26.7 Å². The molecule has 0 saturated carbocycles. The van der Waals surface area contributed by atoms with E-state index in [0.29, 0.717) is 5.89 Å². The zero-order valence-electron chi connectivity index (χ0n) is 15.8. The fourth-order valence-corrected chi connectivity index (χ4v) is 3.66. The zero-order chi connectivity index (χ0) is 18.6. The number of aromatic nitrogens is 1. The maximum Gasteiger partial charge on any atom is 0.226 e. The summed E-state index contributed by atoms with van der Waals surface area (Å²) in [6.07, 6.45) is 0. The molecule has 1 N–H and O–H groups in total. The fraction of sp³-hybridized carbons (Fsp3) is 0.318. The Balaban J connectivity index is 1.60. The molecular formula is C22H25N3O2. The van der Waals surface area contributed by atoms with E-state index in [-0.39, 0.29) is 6.04 Å². The van der Waals surface area contributed by atoms with Crippen molar-refractivity contribution in [1.82, 2.24) is 15.2 Å². The van der Waals surface area contributed by atoms with Crippen molar-refractivity contribution < 1.29 is 9.15 Å². The highest BCUT2D eigenvalue weighted by Crippen LogP contribution is 2.32. The molecule has 1 aromatic heterocycles. The summed E-state index contributed by atoms with van der Waals surface area (Å²) in [6.45, 7) is 5.56. The first-order chi connectivity index (χ1) is 13.3. The molecule has 1 unspecified atom stereocenters. The predicted octanol–water partition coefficient (Wildman–Crippen LogP) is 3.81. The van der Waals surface area contributed by atoms with E-state index in [1.807, 2.05) is 49.4 Å². The average molecular weight is 363 g/mol. The highest BCUT2D eigenvalue weighted by molar-refractivity contribution is 5.53. The van der Waals surface area contributed by atoms with Crippen LogP contribution in [0.2, 0.25) is 0 Å². The summed E-state index contributed by atoms with van der Waals surface area (Å²) in [7, 11) is 1.73. The van der Waals surface area contributed by atoms with Crippen LogP contribution in [-0.2, 0) is 6.54 Å². The van der Waals surface area contributed by atoms with Crippen molar-refractivity contribution >= 4 is 0 Å². The second kappa shape index (κ2) is 7.94. The molecule has 0 radical (unpaired) electrons. The van der Waals surface area contributed by atoms with Gasteiger partial charge in [-0.2, -0.15) is 0 Å². The summed E-state index contributed by atoms with van der Waals surface area (Å²) in [5.41, 5.74) is 3.21.